The minimum absolute atomic E-state index is 0.116. The highest BCUT2D eigenvalue weighted by atomic mass is 16.4. The third kappa shape index (κ3) is 2.13. The number of aliphatic carboxylic acids is 1. The lowest BCUT2D eigenvalue weighted by atomic mass is 9.86. The van der Waals surface area contributed by atoms with Gasteiger partial charge in [-0.3, -0.25) is 13.9 Å². The molecule has 0 radical (unpaired) electrons. The summed E-state index contributed by atoms with van der Waals surface area (Å²) in [6.07, 6.45) is 5.17. The van der Waals surface area contributed by atoms with Crippen molar-refractivity contribution in [3.8, 4) is 11.1 Å². The Balaban J connectivity index is 1.65. The van der Waals surface area contributed by atoms with E-state index in [1.165, 1.54) is 5.39 Å². The number of aryl methyl sites for hydroxylation is 1. The molecule has 4 aromatic rings. The Hall–Kier alpha value is -3.28. The Labute approximate surface area is 173 Å². The zero-order valence-corrected chi connectivity index (χ0v) is 16.9. The second-order valence-electron chi connectivity index (χ2n) is 8.89. The van der Waals surface area contributed by atoms with E-state index in [9.17, 15) is 14.7 Å². The maximum absolute atomic E-state index is 13.6. The molecule has 152 valence electrons. The molecule has 0 unspecified atom stereocenters. The molecule has 1 fully saturated rings. The van der Waals surface area contributed by atoms with Gasteiger partial charge in [0.25, 0.3) is 0 Å². The standard InChI is InChI=1S/C24H23N3O3/c1-25-12-15-13-26-21-17(16-6-4-8-18(25)20(15)16)7-5-9-19(21)27(23(26)30)14-24(22(28)29)10-2-3-11-24/h4-9,12H,2-3,10-11,13-14H2,1H3,(H,28,29). The van der Waals surface area contributed by atoms with Gasteiger partial charge in [0.1, 0.15) is 0 Å². The van der Waals surface area contributed by atoms with Gasteiger partial charge in [-0.25, -0.2) is 4.79 Å². The van der Waals surface area contributed by atoms with E-state index in [1.807, 2.05) is 23.7 Å². The predicted octanol–water partition coefficient (Wildman–Crippen LogP) is 3.97. The molecule has 6 nitrogen and oxygen atoms in total. The van der Waals surface area contributed by atoms with E-state index >= 15 is 0 Å². The van der Waals surface area contributed by atoms with E-state index in [0.717, 1.165) is 46.1 Å². The van der Waals surface area contributed by atoms with Crippen molar-refractivity contribution in [2.24, 2.45) is 12.5 Å². The maximum Gasteiger partial charge on any atom is 0.329 e. The summed E-state index contributed by atoms with van der Waals surface area (Å²) in [7, 11) is 2.03. The number of nitrogens with zero attached hydrogens (tertiary/aromatic N) is 3. The molecule has 2 aliphatic rings. The van der Waals surface area contributed by atoms with Gasteiger partial charge in [-0.2, -0.15) is 0 Å². The Kier molecular flexibility index (Phi) is 3.44. The highest BCUT2D eigenvalue weighted by Gasteiger charge is 2.42. The van der Waals surface area contributed by atoms with Crippen molar-refractivity contribution in [1.82, 2.24) is 13.7 Å². The number of carbonyl (C=O) groups is 1. The SMILES string of the molecule is Cn1cc2c3c(cccc31)-c1cccc3c1n(c(=O)n3CC1(C(=O)O)CCCC1)C2. The van der Waals surface area contributed by atoms with E-state index in [4.69, 9.17) is 0 Å². The van der Waals surface area contributed by atoms with E-state index in [-0.39, 0.29) is 12.2 Å². The summed E-state index contributed by atoms with van der Waals surface area (Å²) in [4.78, 5) is 25.8. The summed E-state index contributed by atoms with van der Waals surface area (Å²) in [5.74, 6) is -0.786. The lowest BCUT2D eigenvalue weighted by molar-refractivity contribution is -0.149. The molecule has 1 saturated carbocycles. The molecule has 0 atom stereocenters. The molecule has 3 heterocycles. The maximum atomic E-state index is 13.6. The normalized spacial score (nSPS) is 17.0. The Morgan fingerprint density at radius 1 is 1.07 bits per heavy atom. The smallest absolute Gasteiger partial charge is 0.329 e. The van der Waals surface area contributed by atoms with E-state index in [2.05, 4.69) is 35.0 Å². The second kappa shape index (κ2) is 5.88. The van der Waals surface area contributed by atoms with Crippen LogP contribution in [0.1, 0.15) is 31.2 Å². The number of carboxylic acid groups (broad SMARTS) is 1. The molecule has 1 N–H and O–H groups in total. The summed E-state index contributed by atoms with van der Waals surface area (Å²) in [6, 6.07) is 12.3. The van der Waals surface area contributed by atoms with Gasteiger partial charge in [0.15, 0.2) is 0 Å². The molecule has 0 spiro atoms. The first-order valence-corrected chi connectivity index (χ1v) is 10.5. The lowest BCUT2D eigenvalue weighted by Gasteiger charge is -2.24. The first kappa shape index (κ1) is 17.6. The molecule has 1 aliphatic heterocycles. The number of hydrogen-bond donors (Lipinski definition) is 1. The number of para-hydroxylation sites is 1. The first-order chi connectivity index (χ1) is 14.5. The summed E-state index contributed by atoms with van der Waals surface area (Å²) < 4.78 is 5.66. The number of benzene rings is 2. The molecule has 0 amide bonds. The number of fused-ring (bicyclic) bond motifs is 1. The quantitative estimate of drug-likeness (QED) is 0.497. The van der Waals surface area contributed by atoms with Gasteiger partial charge in [-0.15, -0.1) is 0 Å². The van der Waals surface area contributed by atoms with Crippen LogP contribution in [0.3, 0.4) is 0 Å². The van der Waals surface area contributed by atoms with Crippen LogP contribution in [-0.4, -0.2) is 24.8 Å². The number of carboxylic acids is 1. The van der Waals surface area contributed by atoms with Gasteiger partial charge < -0.3 is 9.67 Å². The second-order valence-corrected chi connectivity index (χ2v) is 8.89. The van der Waals surface area contributed by atoms with Crippen LogP contribution < -0.4 is 5.69 Å². The molecule has 2 aromatic carbocycles. The zero-order valence-electron chi connectivity index (χ0n) is 16.9. The van der Waals surface area contributed by atoms with E-state index < -0.39 is 11.4 Å². The minimum Gasteiger partial charge on any atom is -0.481 e. The van der Waals surface area contributed by atoms with E-state index in [1.54, 1.807) is 4.57 Å². The molecular formula is C24H23N3O3. The summed E-state index contributed by atoms with van der Waals surface area (Å²) in [6.45, 7) is 0.730. The van der Waals surface area contributed by atoms with Crippen LogP contribution >= 0.6 is 0 Å². The highest BCUT2D eigenvalue weighted by Crippen LogP contribution is 2.42. The van der Waals surface area contributed by atoms with E-state index in [0.29, 0.717) is 19.4 Å². The molecule has 0 saturated heterocycles. The summed E-state index contributed by atoms with van der Waals surface area (Å²) >= 11 is 0. The fourth-order valence-electron chi connectivity index (χ4n) is 5.74. The molecule has 2 aromatic heterocycles. The zero-order chi connectivity index (χ0) is 20.6. The first-order valence-electron chi connectivity index (χ1n) is 10.5. The van der Waals surface area contributed by atoms with Crippen molar-refractivity contribution < 1.29 is 9.90 Å². The molecule has 1 aliphatic carbocycles. The third-order valence-corrected chi connectivity index (χ3v) is 7.22. The van der Waals surface area contributed by atoms with Gasteiger partial charge in [0, 0.05) is 36.3 Å². The van der Waals surface area contributed by atoms with Crippen molar-refractivity contribution >= 4 is 27.9 Å². The van der Waals surface area contributed by atoms with Crippen LogP contribution in [-0.2, 0) is 24.9 Å². The molecule has 0 bridgehead atoms. The van der Waals surface area contributed by atoms with Crippen LogP contribution in [0.25, 0.3) is 33.1 Å². The Bertz CT molecular complexity index is 1410. The van der Waals surface area contributed by atoms with Crippen LogP contribution in [0, 0.1) is 5.41 Å². The van der Waals surface area contributed by atoms with Gasteiger partial charge in [-0.1, -0.05) is 37.1 Å². The van der Waals surface area contributed by atoms with Crippen LogP contribution in [0.2, 0.25) is 0 Å². The van der Waals surface area contributed by atoms with Crippen molar-refractivity contribution in [3.05, 3.63) is 58.6 Å². The van der Waals surface area contributed by atoms with Crippen molar-refractivity contribution in [2.45, 2.75) is 38.8 Å². The number of imidazole rings is 1. The molecular weight excluding hydrogens is 378 g/mol. The van der Waals surface area contributed by atoms with Gasteiger partial charge in [0.05, 0.1) is 23.0 Å². The van der Waals surface area contributed by atoms with Crippen LogP contribution in [0.15, 0.2) is 47.4 Å². The van der Waals surface area contributed by atoms with Crippen molar-refractivity contribution in [2.75, 3.05) is 0 Å². The van der Waals surface area contributed by atoms with Gasteiger partial charge in [0.2, 0.25) is 0 Å². The van der Waals surface area contributed by atoms with Crippen LogP contribution in [0.4, 0.5) is 0 Å². The highest BCUT2D eigenvalue weighted by molar-refractivity contribution is 6.05. The predicted molar refractivity (Wildman–Crippen MR) is 116 cm³/mol. The summed E-state index contributed by atoms with van der Waals surface area (Å²) in [5.41, 5.74) is 5.22. The summed E-state index contributed by atoms with van der Waals surface area (Å²) in [5, 5.41) is 11.2. The minimum atomic E-state index is -0.846. The number of rotatable bonds is 3. The van der Waals surface area contributed by atoms with Gasteiger partial charge in [-0.05, 0) is 36.1 Å². The van der Waals surface area contributed by atoms with Gasteiger partial charge >= 0.3 is 11.7 Å². The topological polar surface area (TPSA) is 69.2 Å². The average molecular weight is 401 g/mol. The fourth-order valence-corrected chi connectivity index (χ4v) is 5.74. The molecule has 6 heteroatoms. The van der Waals surface area contributed by atoms with Crippen LogP contribution in [0.5, 0.6) is 0 Å². The third-order valence-electron chi connectivity index (χ3n) is 7.22. The lowest BCUT2D eigenvalue weighted by Crippen LogP contribution is -2.37. The van der Waals surface area contributed by atoms with Crippen molar-refractivity contribution in [1.29, 1.82) is 0 Å². The Morgan fingerprint density at radius 3 is 2.50 bits per heavy atom. The number of aromatic nitrogens is 3. The fraction of sp³-hybridized carbons (Fsp3) is 0.333. The van der Waals surface area contributed by atoms with Crippen molar-refractivity contribution in [3.63, 3.8) is 0 Å². The molecule has 30 heavy (non-hydrogen) atoms. The number of hydrogen-bond acceptors (Lipinski definition) is 2. The Morgan fingerprint density at radius 2 is 1.77 bits per heavy atom. The monoisotopic (exact) mass is 401 g/mol. The molecule has 6 rings (SSSR count). The largest absolute Gasteiger partial charge is 0.481 e. The average Bonchev–Trinajstić information content (AvgIpc) is 3.38.